The van der Waals surface area contributed by atoms with Crippen LogP contribution in [0.1, 0.15) is 11.1 Å². The average Bonchev–Trinajstić information content (AvgIpc) is 3.40. The highest BCUT2D eigenvalue weighted by atomic mass is 15.1. The van der Waals surface area contributed by atoms with Gasteiger partial charge in [0, 0.05) is 38.8 Å². The minimum Gasteiger partial charge on any atom is -0.355 e. The largest absolute Gasteiger partial charge is 0.355 e. The third-order valence-corrected chi connectivity index (χ3v) is 7.58. The number of nitrogens with zero attached hydrogens (tertiary/aromatic N) is 3. The summed E-state index contributed by atoms with van der Waals surface area (Å²) in [4.78, 5) is 9.61. The molecule has 0 bridgehead atoms. The molecule has 0 saturated heterocycles. The Labute approximate surface area is 256 Å². The fraction of sp³-hybridized carbons (Fsp3) is 0. The van der Waals surface area contributed by atoms with Gasteiger partial charge in [-0.2, -0.15) is 0 Å². The molecule has 0 aliphatic heterocycles. The van der Waals surface area contributed by atoms with Gasteiger partial charge in [-0.05, 0) is 35.9 Å². The normalized spacial score (nSPS) is 11.8. The Morgan fingerprint density at radius 1 is 0.591 bits per heavy atom. The molecule has 0 fully saturated rings. The molecule has 0 atom stereocenters. The molecule has 7 rings (SSSR count). The lowest BCUT2D eigenvalue weighted by Crippen LogP contribution is -2.06. The molecule has 0 aliphatic carbocycles. The van der Waals surface area contributed by atoms with Crippen LogP contribution in [0.4, 0.5) is 11.4 Å². The predicted octanol–water partition coefficient (Wildman–Crippen LogP) is 9.55. The number of aliphatic imine (C=N–C) groups is 2. The Hall–Kier alpha value is -6.07. The van der Waals surface area contributed by atoms with Crippen molar-refractivity contribution in [2.75, 3.05) is 5.32 Å². The number of para-hydroxylation sites is 2. The third kappa shape index (κ3) is 5.42. The van der Waals surface area contributed by atoms with Crippen LogP contribution in [-0.4, -0.2) is 22.6 Å². The van der Waals surface area contributed by atoms with E-state index in [0.29, 0.717) is 5.84 Å². The molecule has 5 nitrogen and oxygen atoms in total. The number of aromatic nitrogens is 1. The molecule has 6 aromatic carbocycles. The second-order valence-corrected chi connectivity index (χ2v) is 10.4. The van der Waals surface area contributed by atoms with Gasteiger partial charge in [-0.3, -0.25) is 9.98 Å². The van der Waals surface area contributed by atoms with E-state index >= 15 is 0 Å². The Morgan fingerprint density at radius 2 is 1.18 bits per heavy atom. The molecule has 1 heterocycles. The fourth-order valence-electron chi connectivity index (χ4n) is 5.44. The van der Waals surface area contributed by atoms with Gasteiger partial charge in [0.2, 0.25) is 0 Å². The van der Waals surface area contributed by atoms with Gasteiger partial charge in [0.05, 0.1) is 11.0 Å². The summed E-state index contributed by atoms with van der Waals surface area (Å²) in [6.45, 7) is 0. The molecule has 2 N–H and O–H groups in total. The quantitative estimate of drug-likeness (QED) is 0.152. The van der Waals surface area contributed by atoms with Gasteiger partial charge in [0.1, 0.15) is 6.34 Å². The number of benzene rings is 6. The van der Waals surface area contributed by atoms with E-state index in [1.54, 1.807) is 0 Å². The van der Waals surface area contributed by atoms with Crippen molar-refractivity contribution in [3.63, 3.8) is 0 Å². The summed E-state index contributed by atoms with van der Waals surface area (Å²) < 4.78 is 2.12. The van der Waals surface area contributed by atoms with Crippen LogP contribution in [0.25, 0.3) is 32.9 Å². The van der Waals surface area contributed by atoms with Gasteiger partial charge in [-0.25, -0.2) is 9.98 Å². The van der Waals surface area contributed by atoms with Crippen molar-refractivity contribution in [1.82, 2.24) is 4.57 Å². The van der Waals surface area contributed by atoms with Crippen molar-refractivity contribution in [3.05, 3.63) is 169 Å². The molecular formula is C39H29N5. The summed E-state index contributed by atoms with van der Waals surface area (Å²) >= 11 is 0. The molecule has 7 aromatic rings. The Balaban J connectivity index is 1.41. The molecule has 0 spiro atoms. The molecule has 0 saturated carbocycles. The zero-order chi connectivity index (χ0) is 29.7. The van der Waals surface area contributed by atoms with E-state index in [9.17, 15) is 0 Å². The fourth-order valence-corrected chi connectivity index (χ4v) is 5.44. The van der Waals surface area contributed by atoms with Crippen molar-refractivity contribution >= 4 is 51.2 Å². The second kappa shape index (κ2) is 12.0. The highest BCUT2D eigenvalue weighted by molar-refractivity contribution is 6.16. The first-order valence-electron chi connectivity index (χ1n) is 14.5. The minimum atomic E-state index is 0.159. The van der Waals surface area contributed by atoms with Crippen LogP contribution >= 0.6 is 0 Å². The SMILES string of the molecule is N=C(N=C(N=Cn1c2ccccc2c2cc(Nc3ccccc3)c(-c3ccccc3)cc21)c1ccccc1)c1ccccc1. The van der Waals surface area contributed by atoms with E-state index in [2.05, 4.69) is 81.6 Å². The summed E-state index contributed by atoms with van der Waals surface area (Å²) in [7, 11) is 0. The lowest BCUT2D eigenvalue weighted by molar-refractivity contribution is 1.31. The Kier molecular flexibility index (Phi) is 7.33. The smallest absolute Gasteiger partial charge is 0.163 e. The van der Waals surface area contributed by atoms with Gasteiger partial charge in [0.25, 0.3) is 0 Å². The number of amidine groups is 2. The molecule has 0 unspecified atom stereocenters. The lowest BCUT2D eigenvalue weighted by atomic mass is 10.0. The van der Waals surface area contributed by atoms with Crippen molar-refractivity contribution in [3.8, 4) is 11.1 Å². The van der Waals surface area contributed by atoms with Gasteiger partial charge in [-0.15, -0.1) is 0 Å². The van der Waals surface area contributed by atoms with Crippen LogP contribution in [0.15, 0.2) is 168 Å². The minimum absolute atomic E-state index is 0.159. The molecule has 0 aliphatic rings. The first kappa shape index (κ1) is 26.8. The standard InChI is InChI=1S/C39H29N5/c40-38(29-17-7-2-8-18-29)43-39(30-19-9-3-10-20-30)41-27-44-36-24-14-13-23-32(36)34-25-35(42-31-21-11-4-12-22-31)33(26-37(34)44)28-15-5-1-6-16-28/h1-27,40,42H. The van der Waals surface area contributed by atoms with Gasteiger partial charge < -0.3 is 5.32 Å². The summed E-state index contributed by atoms with van der Waals surface area (Å²) in [5, 5.41) is 14.6. The van der Waals surface area contributed by atoms with Gasteiger partial charge in [0.15, 0.2) is 11.7 Å². The number of hydrogen-bond donors (Lipinski definition) is 2. The monoisotopic (exact) mass is 567 g/mol. The Morgan fingerprint density at radius 3 is 1.89 bits per heavy atom. The van der Waals surface area contributed by atoms with Crippen LogP contribution in [0, 0.1) is 5.41 Å². The Bertz CT molecular complexity index is 2130. The summed E-state index contributed by atoms with van der Waals surface area (Å²) in [6.07, 6.45) is 1.83. The second-order valence-electron chi connectivity index (χ2n) is 10.4. The number of hydrogen-bond acceptors (Lipinski definition) is 2. The average molecular weight is 568 g/mol. The number of rotatable bonds is 6. The van der Waals surface area contributed by atoms with Crippen LogP contribution in [0.2, 0.25) is 0 Å². The molecule has 44 heavy (non-hydrogen) atoms. The van der Waals surface area contributed by atoms with E-state index in [4.69, 9.17) is 10.4 Å². The van der Waals surface area contributed by atoms with E-state index in [1.165, 1.54) is 0 Å². The van der Waals surface area contributed by atoms with Crippen molar-refractivity contribution < 1.29 is 0 Å². The lowest BCUT2D eigenvalue weighted by Gasteiger charge is -2.14. The van der Waals surface area contributed by atoms with Crippen LogP contribution < -0.4 is 5.32 Å². The van der Waals surface area contributed by atoms with Crippen molar-refractivity contribution in [1.29, 1.82) is 5.41 Å². The maximum absolute atomic E-state index is 8.69. The van der Waals surface area contributed by atoms with E-state index < -0.39 is 0 Å². The molecule has 1 aromatic heterocycles. The maximum Gasteiger partial charge on any atom is 0.163 e. The summed E-state index contributed by atoms with van der Waals surface area (Å²) in [5.74, 6) is 0.628. The van der Waals surface area contributed by atoms with Gasteiger partial charge >= 0.3 is 0 Å². The summed E-state index contributed by atoms with van der Waals surface area (Å²) in [5.41, 5.74) is 7.89. The van der Waals surface area contributed by atoms with E-state index in [-0.39, 0.29) is 5.84 Å². The van der Waals surface area contributed by atoms with Crippen LogP contribution in [0.5, 0.6) is 0 Å². The number of anilines is 2. The number of nitrogens with one attached hydrogen (secondary N) is 2. The maximum atomic E-state index is 8.69. The molecule has 5 heteroatoms. The zero-order valence-corrected chi connectivity index (χ0v) is 23.9. The predicted molar refractivity (Wildman–Crippen MR) is 185 cm³/mol. The summed E-state index contributed by atoms with van der Waals surface area (Å²) in [6, 6.07) is 52.8. The van der Waals surface area contributed by atoms with Crippen molar-refractivity contribution in [2.24, 2.45) is 9.98 Å². The highest BCUT2D eigenvalue weighted by Crippen LogP contribution is 2.38. The van der Waals surface area contributed by atoms with E-state index in [1.807, 2.05) is 97.3 Å². The highest BCUT2D eigenvalue weighted by Gasteiger charge is 2.15. The van der Waals surface area contributed by atoms with Crippen molar-refractivity contribution in [2.45, 2.75) is 0 Å². The van der Waals surface area contributed by atoms with Crippen LogP contribution in [0.3, 0.4) is 0 Å². The van der Waals surface area contributed by atoms with Crippen LogP contribution in [-0.2, 0) is 0 Å². The molecule has 0 radical (unpaired) electrons. The van der Waals surface area contributed by atoms with Gasteiger partial charge in [-0.1, -0.05) is 127 Å². The first-order valence-corrected chi connectivity index (χ1v) is 14.5. The molecular weight excluding hydrogens is 538 g/mol. The molecule has 210 valence electrons. The zero-order valence-electron chi connectivity index (χ0n) is 23.9. The number of fused-ring (bicyclic) bond motifs is 3. The molecule has 0 amide bonds. The first-order chi connectivity index (χ1) is 21.7. The van der Waals surface area contributed by atoms with E-state index in [0.717, 1.165) is 55.4 Å². The third-order valence-electron chi connectivity index (χ3n) is 7.58. The topological polar surface area (TPSA) is 65.5 Å².